The summed E-state index contributed by atoms with van der Waals surface area (Å²) in [4.78, 5) is 0. The van der Waals surface area contributed by atoms with Crippen LogP contribution in [0.15, 0.2) is 33.7 Å². The number of hydrogen-bond donors (Lipinski definition) is 2. The van der Waals surface area contributed by atoms with Gasteiger partial charge in [0.2, 0.25) is 0 Å². The quantitative estimate of drug-likeness (QED) is 0.740. The summed E-state index contributed by atoms with van der Waals surface area (Å²) in [5, 5.41) is 6.49. The molecule has 0 aromatic heterocycles. The van der Waals surface area contributed by atoms with Crippen LogP contribution in [0.25, 0.3) is 6.08 Å². The average molecular weight is 415 g/mol. The molecule has 2 nitrogen and oxygen atoms in total. The zero-order chi connectivity index (χ0) is 12.4. The second-order valence-corrected chi connectivity index (χ2v) is 4.64. The molecule has 1 atom stereocenters. The zero-order valence-corrected chi connectivity index (χ0v) is 13.4. The van der Waals surface area contributed by atoms with Gasteiger partial charge in [0.1, 0.15) is 0 Å². The van der Waals surface area contributed by atoms with E-state index >= 15 is 0 Å². The minimum absolute atomic E-state index is 0.315. The molecule has 0 radical (unpaired) electrons. The number of rotatable bonds is 4. The van der Waals surface area contributed by atoms with Crippen LogP contribution in [0.3, 0.4) is 0 Å². The predicted molar refractivity (Wildman–Crippen MR) is 67.4 cm³/mol. The second kappa shape index (κ2) is 9.80. The molecule has 0 saturated carbocycles. The van der Waals surface area contributed by atoms with Gasteiger partial charge in [0.05, 0.1) is 0 Å². The molecule has 0 aliphatic rings. The SMILES string of the molecule is CC.CNC(C)N/C([At])=C/c1ccccc1. The third-order valence-electron chi connectivity index (χ3n) is 1.88. The van der Waals surface area contributed by atoms with Gasteiger partial charge in [0.25, 0.3) is 0 Å². The van der Waals surface area contributed by atoms with Crippen molar-refractivity contribution in [1.29, 1.82) is 0 Å². The van der Waals surface area contributed by atoms with E-state index in [9.17, 15) is 0 Å². The molecule has 0 fully saturated rings. The van der Waals surface area contributed by atoms with Crippen LogP contribution >= 0.6 is 0 Å². The Kier molecular flexibility index (Phi) is 9.56. The molecular formula is C13H21AtN2. The summed E-state index contributed by atoms with van der Waals surface area (Å²) < 4.78 is 1.22. The Morgan fingerprint density at radius 2 is 1.81 bits per heavy atom. The molecule has 0 heterocycles. The molecule has 0 spiro atoms. The van der Waals surface area contributed by atoms with Gasteiger partial charge < -0.3 is 0 Å². The van der Waals surface area contributed by atoms with Crippen molar-refractivity contribution in [2.45, 2.75) is 26.9 Å². The minimum atomic E-state index is 0.315. The Morgan fingerprint density at radius 1 is 1.25 bits per heavy atom. The van der Waals surface area contributed by atoms with Gasteiger partial charge in [-0.15, -0.1) is 0 Å². The first kappa shape index (κ1) is 15.6. The van der Waals surface area contributed by atoms with E-state index in [1.54, 1.807) is 24.7 Å². The van der Waals surface area contributed by atoms with E-state index in [1.165, 1.54) is 8.97 Å². The molecule has 1 unspecified atom stereocenters. The molecule has 3 heteroatoms. The van der Waals surface area contributed by atoms with E-state index in [0.29, 0.717) is 6.17 Å². The van der Waals surface area contributed by atoms with Crippen molar-refractivity contribution in [1.82, 2.24) is 10.6 Å². The number of hydrogen-bond acceptors (Lipinski definition) is 2. The van der Waals surface area contributed by atoms with Crippen LogP contribution in [-0.2, 0) is 0 Å². The van der Waals surface area contributed by atoms with Gasteiger partial charge in [0, 0.05) is 0 Å². The number of benzene rings is 1. The summed E-state index contributed by atoms with van der Waals surface area (Å²) in [5.41, 5.74) is 1.24. The van der Waals surface area contributed by atoms with Crippen molar-refractivity contribution in [3.63, 3.8) is 0 Å². The third-order valence-corrected chi connectivity index (χ3v) is 2.73. The Hall–Kier alpha value is -0.397. The van der Waals surface area contributed by atoms with E-state index in [1.807, 2.05) is 39.1 Å². The van der Waals surface area contributed by atoms with Crippen molar-refractivity contribution < 1.29 is 24.7 Å². The van der Waals surface area contributed by atoms with Gasteiger partial charge in [-0.3, -0.25) is 0 Å². The summed E-state index contributed by atoms with van der Waals surface area (Å²) in [6.07, 6.45) is 2.47. The molecular weight excluding hydrogens is 394 g/mol. The van der Waals surface area contributed by atoms with Crippen molar-refractivity contribution in [3.8, 4) is 0 Å². The molecule has 0 bridgehead atoms. The first-order valence-corrected chi connectivity index (χ1v) is 7.05. The molecule has 0 aliphatic carbocycles. The fourth-order valence-corrected chi connectivity index (χ4v) is 2.14. The van der Waals surface area contributed by atoms with Gasteiger partial charge in [-0.25, -0.2) is 0 Å². The van der Waals surface area contributed by atoms with Crippen molar-refractivity contribution in [2.24, 2.45) is 0 Å². The van der Waals surface area contributed by atoms with Crippen LogP contribution in [-0.4, -0.2) is 13.2 Å². The molecule has 0 saturated heterocycles. The van der Waals surface area contributed by atoms with E-state index in [4.69, 9.17) is 0 Å². The summed E-state index contributed by atoms with van der Waals surface area (Å²) in [5.74, 6) is 0. The normalized spacial score (nSPS) is 12.4. The third kappa shape index (κ3) is 6.97. The fraction of sp³-hybridized carbons (Fsp3) is 0.385. The summed E-state index contributed by atoms with van der Waals surface area (Å²) in [7, 11) is 1.94. The van der Waals surface area contributed by atoms with Gasteiger partial charge in [-0.2, -0.15) is 0 Å². The van der Waals surface area contributed by atoms with Gasteiger partial charge >= 0.3 is 101 Å². The van der Waals surface area contributed by atoms with Crippen molar-refractivity contribution >= 4 is 6.08 Å². The van der Waals surface area contributed by atoms with Crippen molar-refractivity contribution in [2.75, 3.05) is 7.05 Å². The molecule has 2 N–H and O–H groups in total. The second-order valence-electron chi connectivity index (χ2n) is 3.06. The van der Waals surface area contributed by atoms with Gasteiger partial charge in [-0.05, 0) is 0 Å². The van der Waals surface area contributed by atoms with Crippen LogP contribution in [0.1, 0.15) is 26.3 Å². The van der Waals surface area contributed by atoms with E-state index < -0.39 is 0 Å². The molecule has 0 aliphatic heterocycles. The van der Waals surface area contributed by atoms with Gasteiger partial charge in [-0.1, -0.05) is 13.8 Å². The number of nitrogens with one attached hydrogen (secondary N) is 2. The van der Waals surface area contributed by atoms with Crippen LogP contribution in [0.5, 0.6) is 0 Å². The molecule has 1 aromatic carbocycles. The monoisotopic (exact) mass is 415 g/mol. The van der Waals surface area contributed by atoms with E-state index in [-0.39, 0.29) is 0 Å². The molecule has 90 valence electrons. The topological polar surface area (TPSA) is 24.1 Å². The Morgan fingerprint density at radius 3 is 2.31 bits per heavy atom. The summed E-state index contributed by atoms with van der Waals surface area (Å²) in [6, 6.07) is 10.3. The van der Waals surface area contributed by atoms with Crippen LogP contribution in [0.4, 0.5) is 0 Å². The Labute approximate surface area is 114 Å². The first-order chi connectivity index (χ1) is 7.72. The molecule has 1 rings (SSSR count). The summed E-state index contributed by atoms with van der Waals surface area (Å²) in [6.45, 7) is 6.09. The van der Waals surface area contributed by atoms with E-state index in [2.05, 4.69) is 35.8 Å². The van der Waals surface area contributed by atoms with Crippen LogP contribution in [0.2, 0.25) is 0 Å². The fourth-order valence-electron chi connectivity index (χ4n) is 1.02. The van der Waals surface area contributed by atoms with Crippen LogP contribution in [0, 0.1) is 24.7 Å². The Bertz CT molecular complexity index is 296. The first-order valence-electron chi connectivity index (χ1n) is 5.58. The van der Waals surface area contributed by atoms with Gasteiger partial charge in [0.15, 0.2) is 0 Å². The summed E-state index contributed by atoms with van der Waals surface area (Å²) >= 11 is 1.66. The standard InChI is InChI=1S/C11H15AtN2.C2H6/c1-9(13-2)14-11(12)8-10-6-4-3-5-7-10;1-2/h3-9,13-14H,1-2H3;1-2H3/b11-8+;. The molecule has 1 aromatic rings. The van der Waals surface area contributed by atoms with Crippen LogP contribution < -0.4 is 10.6 Å². The average Bonchev–Trinajstić information content (AvgIpc) is 2.32. The maximum absolute atomic E-state index is 3.35. The predicted octanol–water partition coefficient (Wildman–Crippen LogP) is 2.72. The molecule has 0 amide bonds. The molecule has 16 heavy (non-hydrogen) atoms. The maximum atomic E-state index is 3.35. The zero-order valence-electron chi connectivity index (χ0n) is 10.4. The van der Waals surface area contributed by atoms with E-state index in [0.717, 1.165) is 0 Å². The Balaban J connectivity index is 0.00000106. The van der Waals surface area contributed by atoms with Crippen molar-refractivity contribution in [3.05, 3.63) is 39.3 Å².